The van der Waals surface area contributed by atoms with Crippen LogP contribution in [0.5, 0.6) is 0 Å². The van der Waals surface area contributed by atoms with E-state index in [2.05, 4.69) is 54.7 Å². The Morgan fingerprint density at radius 2 is 1.95 bits per heavy atom. The number of nitrogens with zero attached hydrogens (tertiary/aromatic N) is 3. The summed E-state index contributed by atoms with van der Waals surface area (Å²) >= 11 is 0. The second-order valence-corrected chi connectivity index (χ2v) is 5.78. The number of hydrogen-bond acceptors (Lipinski definition) is 3. The van der Waals surface area contributed by atoms with Gasteiger partial charge in [-0.1, -0.05) is 20.8 Å². The Morgan fingerprint density at radius 3 is 2.47 bits per heavy atom. The van der Waals surface area contributed by atoms with Gasteiger partial charge in [-0.05, 0) is 45.1 Å². The Bertz CT molecular complexity index is 353. The van der Waals surface area contributed by atoms with Gasteiger partial charge >= 0.3 is 0 Å². The third-order valence-electron chi connectivity index (χ3n) is 4.10. The molecule has 4 nitrogen and oxygen atoms in total. The Morgan fingerprint density at radius 1 is 1.26 bits per heavy atom. The first-order valence-corrected chi connectivity index (χ1v) is 7.67. The summed E-state index contributed by atoms with van der Waals surface area (Å²) < 4.78 is 2.06. The minimum Gasteiger partial charge on any atom is -0.316 e. The van der Waals surface area contributed by atoms with Gasteiger partial charge in [0.1, 0.15) is 12.2 Å². The van der Waals surface area contributed by atoms with Gasteiger partial charge in [-0.2, -0.15) is 5.10 Å². The maximum atomic E-state index is 4.47. The first-order chi connectivity index (χ1) is 9.08. The third-order valence-corrected chi connectivity index (χ3v) is 4.10. The van der Waals surface area contributed by atoms with Crippen molar-refractivity contribution in [2.75, 3.05) is 13.1 Å². The monoisotopic (exact) mass is 266 g/mol. The van der Waals surface area contributed by atoms with Crippen molar-refractivity contribution in [3.8, 4) is 0 Å². The van der Waals surface area contributed by atoms with E-state index in [-0.39, 0.29) is 0 Å². The third kappa shape index (κ3) is 4.30. The summed E-state index contributed by atoms with van der Waals surface area (Å²) in [7, 11) is 0. The molecule has 0 aliphatic carbocycles. The van der Waals surface area contributed by atoms with Crippen molar-refractivity contribution in [2.24, 2.45) is 5.41 Å². The molecular weight excluding hydrogens is 236 g/mol. The van der Waals surface area contributed by atoms with Crippen LogP contribution in [-0.2, 0) is 6.42 Å². The van der Waals surface area contributed by atoms with Gasteiger partial charge in [0.05, 0.1) is 0 Å². The molecule has 0 aliphatic rings. The van der Waals surface area contributed by atoms with E-state index >= 15 is 0 Å². The van der Waals surface area contributed by atoms with Crippen LogP contribution in [0.2, 0.25) is 0 Å². The molecule has 0 radical (unpaired) electrons. The lowest BCUT2D eigenvalue weighted by molar-refractivity contribution is 0.236. The van der Waals surface area contributed by atoms with E-state index in [0.29, 0.717) is 11.5 Å². The van der Waals surface area contributed by atoms with Gasteiger partial charge in [-0.15, -0.1) is 0 Å². The van der Waals surface area contributed by atoms with Crippen LogP contribution in [0.3, 0.4) is 0 Å². The molecule has 0 bridgehead atoms. The zero-order valence-corrected chi connectivity index (χ0v) is 13.2. The van der Waals surface area contributed by atoms with Gasteiger partial charge in [0.2, 0.25) is 0 Å². The van der Waals surface area contributed by atoms with E-state index < -0.39 is 0 Å². The highest BCUT2D eigenvalue weighted by Crippen LogP contribution is 2.30. The average molecular weight is 266 g/mol. The fourth-order valence-electron chi connectivity index (χ4n) is 2.51. The molecule has 0 aliphatic heterocycles. The Kier molecular flexibility index (Phi) is 6.49. The molecule has 0 saturated carbocycles. The van der Waals surface area contributed by atoms with Crippen LogP contribution in [0.4, 0.5) is 0 Å². The molecule has 1 aromatic heterocycles. The van der Waals surface area contributed by atoms with Crippen molar-refractivity contribution in [1.82, 2.24) is 20.1 Å². The summed E-state index contributed by atoms with van der Waals surface area (Å²) in [4.78, 5) is 4.47. The molecule has 0 fully saturated rings. The summed E-state index contributed by atoms with van der Waals surface area (Å²) in [5, 5.41) is 7.93. The molecule has 0 aromatic carbocycles. The van der Waals surface area contributed by atoms with Crippen LogP contribution in [0.15, 0.2) is 6.33 Å². The molecule has 1 rings (SSSR count). The average Bonchev–Trinajstić information content (AvgIpc) is 2.86. The molecule has 1 heterocycles. The van der Waals surface area contributed by atoms with Gasteiger partial charge in [0.25, 0.3) is 0 Å². The van der Waals surface area contributed by atoms with Crippen LogP contribution in [-0.4, -0.2) is 27.9 Å². The number of hydrogen-bond donors (Lipinski definition) is 1. The van der Waals surface area contributed by atoms with Gasteiger partial charge in [0.15, 0.2) is 0 Å². The lowest BCUT2D eigenvalue weighted by Gasteiger charge is -2.32. The normalized spacial score (nSPS) is 12.3. The molecule has 1 aromatic rings. The predicted octanol–water partition coefficient (Wildman–Crippen LogP) is 3.21. The number of aromatic nitrogens is 3. The number of rotatable bonds is 9. The molecular formula is C15H30N4. The molecule has 0 unspecified atom stereocenters. The second kappa shape index (κ2) is 7.63. The summed E-state index contributed by atoms with van der Waals surface area (Å²) in [6, 6.07) is 0.382. The summed E-state index contributed by atoms with van der Waals surface area (Å²) in [6.45, 7) is 13.3. The van der Waals surface area contributed by atoms with Crippen molar-refractivity contribution in [3.05, 3.63) is 12.2 Å². The van der Waals surface area contributed by atoms with Crippen LogP contribution >= 0.6 is 0 Å². The topological polar surface area (TPSA) is 42.7 Å². The minimum absolute atomic E-state index is 0.300. The fourth-order valence-corrected chi connectivity index (χ4v) is 2.51. The lowest BCUT2D eigenvalue weighted by atomic mass is 9.78. The van der Waals surface area contributed by atoms with E-state index in [0.717, 1.165) is 25.3 Å². The standard InChI is InChI=1S/C15H30N4/c1-6-9-16-11-15(7-2,8-3)10-14-17-12-18-19(14)13(4)5/h12-13,16H,6-11H2,1-5H3. The van der Waals surface area contributed by atoms with E-state index in [9.17, 15) is 0 Å². The zero-order valence-electron chi connectivity index (χ0n) is 13.2. The predicted molar refractivity (Wildman–Crippen MR) is 80.3 cm³/mol. The van der Waals surface area contributed by atoms with Gasteiger partial charge < -0.3 is 5.32 Å². The van der Waals surface area contributed by atoms with Gasteiger partial charge in [-0.3, -0.25) is 0 Å². The van der Waals surface area contributed by atoms with Crippen LogP contribution in [0, 0.1) is 5.41 Å². The van der Waals surface area contributed by atoms with Crippen LogP contribution in [0.1, 0.15) is 65.7 Å². The lowest BCUT2D eigenvalue weighted by Crippen LogP contribution is -2.36. The minimum atomic E-state index is 0.300. The van der Waals surface area contributed by atoms with Gasteiger partial charge in [-0.25, -0.2) is 9.67 Å². The van der Waals surface area contributed by atoms with Crippen LogP contribution in [0.25, 0.3) is 0 Å². The molecule has 110 valence electrons. The Balaban J connectivity index is 2.79. The summed E-state index contributed by atoms with van der Waals surface area (Å²) in [6.07, 6.45) is 6.22. The van der Waals surface area contributed by atoms with Crippen molar-refractivity contribution < 1.29 is 0 Å². The summed E-state index contributed by atoms with van der Waals surface area (Å²) in [5.74, 6) is 1.12. The van der Waals surface area contributed by atoms with E-state index in [1.807, 2.05) is 0 Å². The SMILES string of the molecule is CCCNCC(CC)(CC)Cc1ncnn1C(C)C. The molecule has 4 heteroatoms. The van der Waals surface area contributed by atoms with Crippen molar-refractivity contribution in [3.63, 3.8) is 0 Å². The highest BCUT2D eigenvalue weighted by atomic mass is 15.3. The maximum absolute atomic E-state index is 4.47. The first-order valence-electron chi connectivity index (χ1n) is 7.67. The van der Waals surface area contributed by atoms with E-state index in [1.54, 1.807) is 6.33 Å². The van der Waals surface area contributed by atoms with Gasteiger partial charge in [0, 0.05) is 19.0 Å². The highest BCUT2D eigenvalue weighted by molar-refractivity contribution is 4.95. The van der Waals surface area contributed by atoms with Crippen molar-refractivity contribution >= 4 is 0 Å². The van der Waals surface area contributed by atoms with E-state index in [4.69, 9.17) is 0 Å². The second-order valence-electron chi connectivity index (χ2n) is 5.78. The molecule has 0 saturated heterocycles. The summed E-state index contributed by atoms with van der Waals surface area (Å²) in [5.41, 5.74) is 0.300. The van der Waals surface area contributed by atoms with E-state index in [1.165, 1.54) is 19.3 Å². The van der Waals surface area contributed by atoms with Crippen molar-refractivity contribution in [2.45, 2.75) is 66.3 Å². The molecule has 1 N–H and O–H groups in total. The van der Waals surface area contributed by atoms with Crippen LogP contribution < -0.4 is 5.32 Å². The first kappa shape index (κ1) is 16.2. The molecule has 0 amide bonds. The zero-order chi connectivity index (χ0) is 14.3. The smallest absolute Gasteiger partial charge is 0.138 e. The Labute approximate surface area is 118 Å². The maximum Gasteiger partial charge on any atom is 0.138 e. The number of nitrogens with one attached hydrogen (secondary N) is 1. The quantitative estimate of drug-likeness (QED) is 0.698. The molecule has 0 spiro atoms. The fraction of sp³-hybridized carbons (Fsp3) is 0.867. The highest BCUT2D eigenvalue weighted by Gasteiger charge is 2.28. The largest absolute Gasteiger partial charge is 0.316 e. The molecule has 0 atom stereocenters. The Hall–Kier alpha value is -0.900. The molecule has 19 heavy (non-hydrogen) atoms. The van der Waals surface area contributed by atoms with Crippen molar-refractivity contribution in [1.29, 1.82) is 0 Å².